The van der Waals surface area contributed by atoms with E-state index >= 15 is 0 Å². The molecule has 0 unspecified atom stereocenters. The average molecular weight is 417 g/mol. The van der Waals surface area contributed by atoms with Crippen molar-refractivity contribution >= 4 is 29.2 Å². The molecule has 7 heteroatoms. The highest BCUT2D eigenvalue weighted by Gasteiger charge is 2.46. The molecule has 1 aliphatic rings. The summed E-state index contributed by atoms with van der Waals surface area (Å²) < 4.78 is 13.3. The maximum absolute atomic E-state index is 13.3. The highest BCUT2D eigenvalue weighted by Crippen LogP contribution is 2.28. The van der Waals surface area contributed by atoms with Crippen molar-refractivity contribution in [2.24, 2.45) is 0 Å². The molecule has 4 amide bonds. The second kappa shape index (κ2) is 8.79. The van der Waals surface area contributed by atoms with Crippen LogP contribution in [0.25, 0.3) is 0 Å². The molecule has 1 fully saturated rings. The molecule has 156 valence electrons. The number of amides is 4. The molecule has 3 aromatic carbocycles. The molecule has 1 saturated heterocycles. The molecule has 0 saturated carbocycles. The Hall–Kier alpha value is -4.00. The van der Waals surface area contributed by atoms with Crippen LogP contribution in [0.4, 0.5) is 20.6 Å². The number of rotatable bonds is 6. The monoisotopic (exact) mass is 417 g/mol. The van der Waals surface area contributed by atoms with Crippen molar-refractivity contribution in [3.63, 3.8) is 0 Å². The van der Waals surface area contributed by atoms with Crippen LogP contribution in [0, 0.1) is 5.82 Å². The van der Waals surface area contributed by atoms with Crippen LogP contribution in [0.3, 0.4) is 0 Å². The molecule has 1 heterocycles. The zero-order chi connectivity index (χ0) is 21.8. The van der Waals surface area contributed by atoms with Gasteiger partial charge in [0.25, 0.3) is 5.91 Å². The molecule has 0 aromatic heterocycles. The van der Waals surface area contributed by atoms with Gasteiger partial charge < -0.3 is 10.2 Å². The molecule has 0 aliphatic carbocycles. The minimum absolute atomic E-state index is 0.0808. The van der Waals surface area contributed by atoms with E-state index in [4.69, 9.17) is 0 Å². The van der Waals surface area contributed by atoms with Crippen LogP contribution in [-0.2, 0) is 16.1 Å². The van der Waals surface area contributed by atoms with Gasteiger partial charge in [0.1, 0.15) is 11.9 Å². The van der Waals surface area contributed by atoms with Gasteiger partial charge in [0.05, 0.1) is 12.1 Å². The fourth-order valence-corrected chi connectivity index (χ4v) is 3.52. The minimum atomic E-state index is -0.971. The number of benzene rings is 3. The Labute approximate surface area is 178 Å². The summed E-state index contributed by atoms with van der Waals surface area (Å²) in [5.41, 5.74) is 1.70. The van der Waals surface area contributed by atoms with Crippen LogP contribution in [0.2, 0.25) is 0 Å². The number of carbonyl (C=O) groups is 3. The number of anilines is 2. The number of imide groups is 1. The SMILES string of the molecule is O=C(C[C@H]1C(=O)N(c2ccccc2)C(=O)N1Cc1ccc(F)cc1)Nc1ccccc1. The van der Waals surface area contributed by atoms with Crippen molar-refractivity contribution in [3.05, 3.63) is 96.3 Å². The number of nitrogens with one attached hydrogen (secondary N) is 1. The number of para-hydroxylation sites is 2. The fraction of sp³-hybridized carbons (Fsp3) is 0.125. The Morgan fingerprint density at radius 2 is 1.48 bits per heavy atom. The van der Waals surface area contributed by atoms with Gasteiger partial charge in [-0.2, -0.15) is 0 Å². The summed E-state index contributed by atoms with van der Waals surface area (Å²) in [6, 6.07) is 21.7. The Kier molecular flexibility index (Phi) is 5.75. The van der Waals surface area contributed by atoms with E-state index in [0.29, 0.717) is 16.9 Å². The number of halogens is 1. The van der Waals surface area contributed by atoms with Crippen molar-refractivity contribution in [1.82, 2.24) is 4.90 Å². The highest BCUT2D eigenvalue weighted by atomic mass is 19.1. The lowest BCUT2D eigenvalue weighted by Gasteiger charge is -2.21. The number of nitrogens with zero attached hydrogens (tertiary/aromatic N) is 2. The van der Waals surface area contributed by atoms with E-state index in [1.54, 1.807) is 66.7 Å². The van der Waals surface area contributed by atoms with E-state index in [2.05, 4.69) is 5.32 Å². The van der Waals surface area contributed by atoms with Gasteiger partial charge in [-0.15, -0.1) is 0 Å². The molecule has 1 aliphatic heterocycles. The van der Waals surface area contributed by atoms with Crippen molar-refractivity contribution in [3.8, 4) is 0 Å². The summed E-state index contributed by atoms with van der Waals surface area (Å²) in [7, 11) is 0. The molecule has 6 nitrogen and oxygen atoms in total. The van der Waals surface area contributed by atoms with Crippen LogP contribution in [-0.4, -0.2) is 28.8 Å². The summed E-state index contributed by atoms with van der Waals surface area (Å²) in [5, 5.41) is 2.75. The van der Waals surface area contributed by atoms with E-state index in [1.807, 2.05) is 6.07 Å². The molecule has 3 aromatic rings. The van der Waals surface area contributed by atoms with Crippen LogP contribution in [0.5, 0.6) is 0 Å². The molecule has 4 rings (SSSR count). The first kappa shape index (κ1) is 20.3. The van der Waals surface area contributed by atoms with Crippen molar-refractivity contribution in [2.45, 2.75) is 19.0 Å². The van der Waals surface area contributed by atoms with Gasteiger partial charge >= 0.3 is 6.03 Å². The van der Waals surface area contributed by atoms with Gasteiger partial charge in [-0.1, -0.05) is 48.5 Å². The number of hydrogen-bond acceptors (Lipinski definition) is 3. The lowest BCUT2D eigenvalue weighted by atomic mass is 10.1. The molecule has 1 N–H and O–H groups in total. The van der Waals surface area contributed by atoms with Gasteiger partial charge in [-0.05, 0) is 42.0 Å². The van der Waals surface area contributed by atoms with Crippen molar-refractivity contribution in [2.75, 3.05) is 10.2 Å². The van der Waals surface area contributed by atoms with E-state index in [9.17, 15) is 18.8 Å². The molecule has 0 bridgehead atoms. The predicted octanol–water partition coefficient (Wildman–Crippen LogP) is 4.19. The molecule has 0 radical (unpaired) electrons. The standard InChI is InChI=1S/C24H20FN3O3/c25-18-13-11-17(12-14-18)16-27-21(15-22(29)26-19-7-3-1-4-8-19)23(30)28(24(27)31)20-9-5-2-6-10-20/h1-14,21H,15-16H2,(H,26,29)/t21-/m0/s1. The first-order valence-electron chi connectivity index (χ1n) is 9.82. The number of hydrogen-bond donors (Lipinski definition) is 1. The highest BCUT2D eigenvalue weighted by molar-refractivity contribution is 6.22. The topological polar surface area (TPSA) is 69.7 Å². The van der Waals surface area contributed by atoms with E-state index in [-0.39, 0.29) is 18.9 Å². The van der Waals surface area contributed by atoms with Gasteiger partial charge in [-0.3, -0.25) is 9.59 Å². The van der Waals surface area contributed by atoms with Gasteiger partial charge in [0, 0.05) is 12.2 Å². The summed E-state index contributed by atoms with van der Waals surface area (Å²) in [6.07, 6.45) is -0.190. The molecule has 0 spiro atoms. The number of urea groups is 1. The molecular weight excluding hydrogens is 397 g/mol. The zero-order valence-corrected chi connectivity index (χ0v) is 16.6. The minimum Gasteiger partial charge on any atom is -0.326 e. The van der Waals surface area contributed by atoms with Crippen molar-refractivity contribution < 1.29 is 18.8 Å². The summed E-state index contributed by atoms with van der Waals surface area (Å²) in [6.45, 7) is 0.0808. The average Bonchev–Trinajstić information content (AvgIpc) is 3.00. The number of carbonyl (C=O) groups excluding carboxylic acids is 3. The van der Waals surface area contributed by atoms with Crippen molar-refractivity contribution in [1.29, 1.82) is 0 Å². The first-order valence-corrected chi connectivity index (χ1v) is 9.82. The van der Waals surface area contributed by atoms with Crippen LogP contribution in [0.1, 0.15) is 12.0 Å². The van der Waals surface area contributed by atoms with E-state index in [1.165, 1.54) is 17.0 Å². The lowest BCUT2D eigenvalue weighted by molar-refractivity contribution is -0.124. The molecule has 1 atom stereocenters. The molecular formula is C24H20FN3O3. The summed E-state index contributed by atoms with van der Waals surface area (Å²) >= 11 is 0. The third-order valence-electron chi connectivity index (χ3n) is 5.04. The quantitative estimate of drug-likeness (QED) is 0.612. The first-order chi connectivity index (χ1) is 15.0. The normalized spacial score (nSPS) is 16.0. The fourth-order valence-electron chi connectivity index (χ4n) is 3.52. The second-order valence-corrected chi connectivity index (χ2v) is 7.18. The largest absolute Gasteiger partial charge is 0.332 e. The Bertz CT molecular complexity index is 1090. The second-order valence-electron chi connectivity index (χ2n) is 7.18. The Morgan fingerprint density at radius 3 is 2.13 bits per heavy atom. The zero-order valence-electron chi connectivity index (χ0n) is 16.6. The summed E-state index contributed by atoms with van der Waals surface area (Å²) in [4.78, 5) is 41.4. The predicted molar refractivity (Wildman–Crippen MR) is 115 cm³/mol. The van der Waals surface area contributed by atoms with Crippen LogP contribution in [0.15, 0.2) is 84.9 Å². The van der Waals surface area contributed by atoms with Gasteiger partial charge in [0.15, 0.2) is 0 Å². The van der Waals surface area contributed by atoms with Gasteiger partial charge in [-0.25, -0.2) is 14.1 Å². The van der Waals surface area contributed by atoms with E-state index in [0.717, 1.165) is 4.90 Å². The van der Waals surface area contributed by atoms with Crippen LogP contribution < -0.4 is 10.2 Å². The smallest absolute Gasteiger partial charge is 0.326 e. The Balaban J connectivity index is 1.60. The maximum atomic E-state index is 13.3. The third-order valence-corrected chi connectivity index (χ3v) is 5.04. The summed E-state index contributed by atoms with van der Waals surface area (Å²) in [5.74, 6) is -1.24. The van der Waals surface area contributed by atoms with Crippen LogP contribution >= 0.6 is 0 Å². The third kappa shape index (κ3) is 4.45. The maximum Gasteiger partial charge on any atom is 0.332 e. The molecule has 31 heavy (non-hydrogen) atoms. The van der Waals surface area contributed by atoms with E-state index < -0.39 is 23.8 Å². The van der Waals surface area contributed by atoms with Gasteiger partial charge in [0.2, 0.25) is 5.91 Å². The lowest BCUT2D eigenvalue weighted by Crippen LogP contribution is -2.37. The Morgan fingerprint density at radius 1 is 0.871 bits per heavy atom.